The summed E-state index contributed by atoms with van der Waals surface area (Å²) >= 11 is 0. The summed E-state index contributed by atoms with van der Waals surface area (Å²) in [5, 5.41) is 13.4. The normalized spacial score (nSPS) is 11.5. The van der Waals surface area contributed by atoms with Crippen molar-refractivity contribution in [1.29, 1.82) is 0 Å². The lowest BCUT2D eigenvalue weighted by Crippen LogP contribution is -2.24. The Bertz CT molecular complexity index is 365. The first-order valence-corrected chi connectivity index (χ1v) is 4.43. The van der Waals surface area contributed by atoms with Gasteiger partial charge in [-0.25, -0.2) is 4.79 Å². The van der Waals surface area contributed by atoms with Gasteiger partial charge in [0.25, 0.3) is 0 Å². The quantitative estimate of drug-likeness (QED) is 0.657. The van der Waals surface area contributed by atoms with Crippen LogP contribution in [0.4, 0.5) is 10.5 Å². The minimum Gasteiger partial charge on any atom is -0.465 e. The van der Waals surface area contributed by atoms with Crippen LogP contribution in [0.2, 0.25) is 0 Å². The van der Waals surface area contributed by atoms with E-state index in [0.717, 1.165) is 5.56 Å². The second kappa shape index (κ2) is 4.99. The molecule has 0 aliphatic carbocycles. The summed E-state index contributed by atoms with van der Waals surface area (Å²) in [5.74, 6) is 0. The molecule has 1 aromatic carbocycles. The van der Waals surface area contributed by atoms with E-state index in [1.54, 1.807) is 31.2 Å². The molecule has 0 bridgehead atoms. The Hall–Kier alpha value is -2.04. The van der Waals surface area contributed by atoms with Gasteiger partial charge < -0.3 is 15.7 Å². The van der Waals surface area contributed by atoms with E-state index in [2.05, 4.69) is 10.6 Å². The maximum absolute atomic E-state index is 10.4. The Morgan fingerprint density at radius 3 is 2.87 bits per heavy atom. The van der Waals surface area contributed by atoms with Gasteiger partial charge in [-0.1, -0.05) is 12.1 Å². The highest BCUT2D eigenvalue weighted by molar-refractivity contribution is 5.71. The highest BCUT2D eigenvalue weighted by Crippen LogP contribution is 2.16. The van der Waals surface area contributed by atoms with E-state index in [1.807, 2.05) is 0 Å². The highest BCUT2D eigenvalue weighted by atomic mass is 16.4. The molecule has 0 saturated carbocycles. The van der Waals surface area contributed by atoms with Crippen molar-refractivity contribution in [2.24, 2.45) is 0 Å². The van der Waals surface area contributed by atoms with Gasteiger partial charge >= 0.3 is 6.09 Å². The summed E-state index contributed by atoms with van der Waals surface area (Å²) in [6, 6.07) is 6.67. The number of rotatable bonds is 4. The monoisotopic (exact) mass is 208 g/mol. The molecule has 5 nitrogen and oxygen atoms in total. The maximum atomic E-state index is 10.4. The summed E-state index contributed by atoms with van der Waals surface area (Å²) in [7, 11) is 0. The number of hydrogen-bond acceptors (Lipinski definition) is 2. The fourth-order valence-corrected chi connectivity index (χ4v) is 1.23. The van der Waals surface area contributed by atoms with Crippen LogP contribution in [0.5, 0.6) is 0 Å². The minimum atomic E-state index is -1.07. The fourth-order valence-electron chi connectivity index (χ4n) is 1.23. The molecule has 0 saturated heterocycles. The predicted molar refractivity (Wildman–Crippen MR) is 55.7 cm³/mol. The van der Waals surface area contributed by atoms with Crippen LogP contribution in [0.1, 0.15) is 18.5 Å². The van der Waals surface area contributed by atoms with Gasteiger partial charge in [0.1, 0.15) is 0 Å². The SMILES string of the molecule is C[C@@H](NC(=O)O)c1cccc(NC=O)c1. The van der Waals surface area contributed by atoms with Crippen LogP contribution in [0.15, 0.2) is 24.3 Å². The molecular weight excluding hydrogens is 196 g/mol. The van der Waals surface area contributed by atoms with Crippen molar-refractivity contribution in [3.8, 4) is 0 Å². The van der Waals surface area contributed by atoms with Crippen molar-refractivity contribution in [3.63, 3.8) is 0 Å². The molecule has 2 amide bonds. The van der Waals surface area contributed by atoms with E-state index in [-0.39, 0.29) is 6.04 Å². The van der Waals surface area contributed by atoms with Crippen molar-refractivity contribution >= 4 is 18.2 Å². The molecule has 0 heterocycles. The number of anilines is 1. The lowest BCUT2D eigenvalue weighted by Gasteiger charge is -2.12. The van der Waals surface area contributed by atoms with E-state index in [1.165, 1.54) is 0 Å². The zero-order valence-electron chi connectivity index (χ0n) is 8.23. The number of nitrogens with one attached hydrogen (secondary N) is 2. The Labute approximate surface area is 87.1 Å². The average Bonchev–Trinajstić information content (AvgIpc) is 2.17. The second-order valence-electron chi connectivity index (χ2n) is 3.06. The van der Waals surface area contributed by atoms with Gasteiger partial charge in [-0.2, -0.15) is 0 Å². The Kier molecular flexibility index (Phi) is 3.68. The average molecular weight is 208 g/mol. The smallest absolute Gasteiger partial charge is 0.405 e. The van der Waals surface area contributed by atoms with Crippen molar-refractivity contribution < 1.29 is 14.7 Å². The largest absolute Gasteiger partial charge is 0.465 e. The Balaban J connectivity index is 2.79. The van der Waals surface area contributed by atoms with Gasteiger partial charge in [-0.05, 0) is 24.6 Å². The van der Waals surface area contributed by atoms with Crippen molar-refractivity contribution in [1.82, 2.24) is 5.32 Å². The third-order valence-corrected chi connectivity index (χ3v) is 1.95. The molecule has 0 fully saturated rings. The predicted octanol–water partition coefficient (Wildman–Crippen LogP) is 1.58. The molecule has 15 heavy (non-hydrogen) atoms. The summed E-state index contributed by atoms with van der Waals surface area (Å²) in [6.45, 7) is 1.73. The second-order valence-corrected chi connectivity index (χ2v) is 3.06. The van der Waals surface area contributed by atoms with Crippen LogP contribution in [-0.4, -0.2) is 17.6 Å². The first-order chi connectivity index (χ1) is 7.13. The molecule has 0 spiro atoms. The lowest BCUT2D eigenvalue weighted by molar-refractivity contribution is -0.105. The number of hydrogen-bond donors (Lipinski definition) is 3. The lowest BCUT2D eigenvalue weighted by atomic mass is 10.1. The molecule has 1 rings (SSSR count). The van der Waals surface area contributed by atoms with Gasteiger partial charge in [0.05, 0.1) is 6.04 Å². The molecule has 0 aliphatic heterocycles. The number of amides is 2. The molecule has 1 atom stereocenters. The fraction of sp³-hybridized carbons (Fsp3) is 0.200. The van der Waals surface area contributed by atoms with Gasteiger partial charge in [-0.3, -0.25) is 4.79 Å². The zero-order chi connectivity index (χ0) is 11.3. The maximum Gasteiger partial charge on any atom is 0.405 e. The molecule has 0 unspecified atom stereocenters. The number of benzene rings is 1. The third kappa shape index (κ3) is 3.30. The van der Waals surface area contributed by atoms with Gasteiger partial charge in [0, 0.05) is 5.69 Å². The van der Waals surface area contributed by atoms with Crippen molar-refractivity contribution in [2.45, 2.75) is 13.0 Å². The van der Waals surface area contributed by atoms with Crippen LogP contribution in [0.25, 0.3) is 0 Å². The standard InChI is InChI=1S/C10H12N2O3/c1-7(12-10(14)15)8-3-2-4-9(5-8)11-6-13/h2-7,12H,1H3,(H,11,13)(H,14,15)/t7-/m1/s1. The molecule has 0 aromatic heterocycles. The molecule has 5 heteroatoms. The highest BCUT2D eigenvalue weighted by Gasteiger charge is 2.07. The Morgan fingerprint density at radius 2 is 2.27 bits per heavy atom. The Morgan fingerprint density at radius 1 is 1.53 bits per heavy atom. The summed E-state index contributed by atoms with van der Waals surface area (Å²) in [6.07, 6.45) is -0.495. The van der Waals surface area contributed by atoms with Crippen molar-refractivity contribution in [3.05, 3.63) is 29.8 Å². The van der Waals surface area contributed by atoms with Gasteiger partial charge in [-0.15, -0.1) is 0 Å². The molecule has 0 radical (unpaired) electrons. The van der Waals surface area contributed by atoms with Crippen LogP contribution in [0, 0.1) is 0 Å². The molecule has 3 N–H and O–H groups in total. The molecule has 1 aromatic rings. The number of carbonyl (C=O) groups is 2. The van der Waals surface area contributed by atoms with E-state index < -0.39 is 6.09 Å². The first-order valence-electron chi connectivity index (χ1n) is 4.43. The summed E-state index contributed by atoms with van der Waals surface area (Å²) in [4.78, 5) is 20.6. The number of carbonyl (C=O) groups excluding carboxylic acids is 1. The molecule has 80 valence electrons. The number of carboxylic acid groups (broad SMARTS) is 1. The van der Waals surface area contributed by atoms with Crippen LogP contribution < -0.4 is 10.6 Å². The van der Waals surface area contributed by atoms with E-state index >= 15 is 0 Å². The topological polar surface area (TPSA) is 78.4 Å². The van der Waals surface area contributed by atoms with Crippen LogP contribution >= 0.6 is 0 Å². The van der Waals surface area contributed by atoms with E-state index in [9.17, 15) is 9.59 Å². The van der Waals surface area contributed by atoms with Gasteiger partial charge in [0.2, 0.25) is 6.41 Å². The zero-order valence-corrected chi connectivity index (χ0v) is 8.23. The third-order valence-electron chi connectivity index (χ3n) is 1.95. The van der Waals surface area contributed by atoms with Crippen LogP contribution in [0.3, 0.4) is 0 Å². The minimum absolute atomic E-state index is 0.309. The first kappa shape index (κ1) is 11.0. The summed E-state index contributed by atoms with van der Waals surface area (Å²) < 4.78 is 0. The molecule has 0 aliphatic rings. The molecular formula is C10H12N2O3. The van der Waals surface area contributed by atoms with Crippen molar-refractivity contribution in [2.75, 3.05) is 5.32 Å². The van der Waals surface area contributed by atoms with Crippen LogP contribution in [-0.2, 0) is 4.79 Å². The van der Waals surface area contributed by atoms with E-state index in [4.69, 9.17) is 5.11 Å². The van der Waals surface area contributed by atoms with Gasteiger partial charge in [0.15, 0.2) is 0 Å². The summed E-state index contributed by atoms with van der Waals surface area (Å²) in [5.41, 5.74) is 1.44. The van der Waals surface area contributed by atoms with E-state index in [0.29, 0.717) is 12.1 Å².